The van der Waals surface area contributed by atoms with E-state index in [-0.39, 0.29) is 12.6 Å². The molecule has 0 fully saturated rings. The molecule has 3 rings (SSSR count). The zero-order chi connectivity index (χ0) is 19.6. The summed E-state index contributed by atoms with van der Waals surface area (Å²) < 4.78 is 3.50. The quantitative estimate of drug-likeness (QED) is 0.673. The number of hydrogen-bond acceptors (Lipinski definition) is 5. The Bertz CT molecular complexity index is 1030. The van der Waals surface area contributed by atoms with E-state index in [2.05, 4.69) is 10.1 Å². The van der Waals surface area contributed by atoms with E-state index in [4.69, 9.17) is 28.3 Å². The summed E-state index contributed by atoms with van der Waals surface area (Å²) in [5, 5.41) is 13.9. The van der Waals surface area contributed by atoms with Crippen LogP contribution in [0.4, 0.5) is 0 Å². The first kappa shape index (κ1) is 18.6. The Hall–Kier alpha value is -3.15. The van der Waals surface area contributed by atoms with Crippen molar-refractivity contribution in [2.45, 2.75) is 26.1 Å². The third-order valence-corrected chi connectivity index (χ3v) is 4.54. The topological polar surface area (TPSA) is 129 Å². The number of nitrogens with zero attached hydrogens (tertiary/aromatic N) is 5. The lowest BCUT2D eigenvalue weighted by Crippen LogP contribution is -2.24. The number of hydrogen-bond donors (Lipinski definition) is 2. The minimum atomic E-state index is -0.553. The van der Waals surface area contributed by atoms with Gasteiger partial charge >= 0.3 is 0 Å². The molecule has 9 heteroatoms. The Labute approximate surface area is 161 Å². The van der Waals surface area contributed by atoms with Crippen molar-refractivity contribution < 1.29 is 4.79 Å². The molecule has 2 aromatic heterocycles. The smallest absolute Gasteiger partial charge is 0.266 e. The van der Waals surface area contributed by atoms with Crippen molar-refractivity contribution >= 4 is 17.5 Å². The molecule has 0 saturated carbocycles. The van der Waals surface area contributed by atoms with Gasteiger partial charge in [-0.1, -0.05) is 17.7 Å². The van der Waals surface area contributed by atoms with Gasteiger partial charge in [-0.3, -0.25) is 9.48 Å². The lowest BCUT2D eigenvalue weighted by molar-refractivity contribution is 0.0988. The third-order valence-electron chi connectivity index (χ3n) is 4.23. The lowest BCUT2D eigenvalue weighted by atomic mass is 10.1. The summed E-state index contributed by atoms with van der Waals surface area (Å²) in [5.74, 6) is 0.0324. The van der Waals surface area contributed by atoms with E-state index in [1.165, 1.54) is 6.20 Å². The van der Waals surface area contributed by atoms with Crippen LogP contribution in [0.5, 0.6) is 0 Å². The zero-order valence-corrected chi connectivity index (χ0v) is 15.4. The van der Waals surface area contributed by atoms with Crippen molar-refractivity contribution in [2.75, 3.05) is 0 Å². The highest BCUT2D eigenvalue weighted by atomic mass is 35.5. The maximum Gasteiger partial charge on any atom is 0.266 e. The van der Waals surface area contributed by atoms with Gasteiger partial charge in [-0.2, -0.15) is 10.4 Å². The van der Waals surface area contributed by atoms with Gasteiger partial charge in [0, 0.05) is 11.8 Å². The molecule has 2 heterocycles. The summed E-state index contributed by atoms with van der Waals surface area (Å²) in [4.78, 5) is 15.8. The minimum Gasteiger partial charge on any atom is -0.364 e. The van der Waals surface area contributed by atoms with Crippen molar-refractivity contribution in [2.24, 2.45) is 11.5 Å². The molecule has 0 aliphatic rings. The Morgan fingerprint density at radius 3 is 2.81 bits per heavy atom. The van der Waals surface area contributed by atoms with Crippen LogP contribution in [0.1, 0.15) is 34.8 Å². The van der Waals surface area contributed by atoms with E-state index in [9.17, 15) is 4.79 Å². The van der Waals surface area contributed by atoms with E-state index in [0.717, 1.165) is 11.3 Å². The van der Waals surface area contributed by atoms with Crippen LogP contribution in [-0.4, -0.2) is 25.2 Å². The number of amides is 1. The molecular weight excluding hydrogens is 366 g/mol. The van der Waals surface area contributed by atoms with Gasteiger partial charge in [0.05, 0.1) is 41.6 Å². The summed E-state index contributed by atoms with van der Waals surface area (Å²) in [7, 11) is 0. The number of nitrogens with two attached hydrogens (primary N) is 2. The van der Waals surface area contributed by atoms with E-state index in [0.29, 0.717) is 28.6 Å². The fraction of sp³-hybridized carbons (Fsp3) is 0.222. The predicted molar refractivity (Wildman–Crippen MR) is 101 cm³/mol. The summed E-state index contributed by atoms with van der Waals surface area (Å²) in [6.07, 6.45) is 3.27. The molecule has 0 aliphatic heterocycles. The molecule has 8 nitrogen and oxygen atoms in total. The number of imidazole rings is 1. The number of aromatic nitrogens is 4. The Kier molecular flexibility index (Phi) is 5.26. The second-order valence-corrected chi connectivity index (χ2v) is 6.48. The predicted octanol–water partition coefficient (Wildman–Crippen LogP) is 2.09. The first-order valence-corrected chi connectivity index (χ1v) is 8.61. The lowest BCUT2D eigenvalue weighted by Gasteiger charge is -2.18. The Morgan fingerprint density at radius 1 is 1.41 bits per heavy atom. The molecule has 1 aromatic carbocycles. The molecule has 0 radical (unpaired) electrons. The van der Waals surface area contributed by atoms with Gasteiger partial charge in [-0.25, -0.2) is 4.98 Å². The summed E-state index contributed by atoms with van der Waals surface area (Å²) in [6.45, 7) is 2.63. The van der Waals surface area contributed by atoms with Gasteiger partial charge in [-0.15, -0.1) is 0 Å². The van der Waals surface area contributed by atoms with Crippen molar-refractivity contribution in [1.29, 1.82) is 5.26 Å². The Balaban J connectivity index is 1.84. The molecule has 0 bridgehead atoms. The van der Waals surface area contributed by atoms with Gasteiger partial charge in [0.25, 0.3) is 5.91 Å². The van der Waals surface area contributed by atoms with Crippen LogP contribution >= 0.6 is 11.6 Å². The number of carbonyl (C=O) groups is 1. The number of rotatable bonds is 6. The number of halogens is 1. The average Bonchev–Trinajstić information content (AvgIpc) is 3.28. The van der Waals surface area contributed by atoms with Gasteiger partial charge in [0.2, 0.25) is 0 Å². The van der Waals surface area contributed by atoms with Crippen LogP contribution in [0.3, 0.4) is 0 Å². The fourth-order valence-corrected chi connectivity index (χ4v) is 3.18. The largest absolute Gasteiger partial charge is 0.364 e. The molecule has 0 unspecified atom stereocenters. The van der Waals surface area contributed by atoms with E-state index >= 15 is 0 Å². The number of nitriles is 1. The first-order chi connectivity index (χ1) is 12.9. The van der Waals surface area contributed by atoms with Crippen molar-refractivity contribution in [3.8, 4) is 17.3 Å². The van der Waals surface area contributed by atoms with Crippen LogP contribution in [0.15, 0.2) is 36.7 Å². The standard InChI is InChI=1S/C18H18ClN7O/c1-11(26-16(18(22)27)9-23-17(26)8-21)10-25-5-4-15(24-25)12-2-3-13(7-20)14(19)6-12/h2-6,9,11H,8,10,21H2,1H3,(H2,22,27)/t11-/m1/s1. The number of carbonyl (C=O) groups excluding carboxylic acids is 1. The van der Waals surface area contributed by atoms with Gasteiger partial charge in [0.1, 0.15) is 17.6 Å². The summed E-state index contributed by atoms with van der Waals surface area (Å²) in [5.41, 5.74) is 13.4. The zero-order valence-electron chi connectivity index (χ0n) is 14.6. The molecule has 3 aromatic rings. The summed E-state index contributed by atoms with van der Waals surface area (Å²) in [6, 6.07) is 8.93. The Morgan fingerprint density at radius 2 is 2.19 bits per heavy atom. The molecule has 0 spiro atoms. The van der Waals surface area contributed by atoms with E-state index < -0.39 is 5.91 Å². The molecule has 1 amide bonds. The minimum absolute atomic E-state index is 0.133. The van der Waals surface area contributed by atoms with Crippen LogP contribution in [0.25, 0.3) is 11.3 Å². The second kappa shape index (κ2) is 7.61. The van der Waals surface area contributed by atoms with Crippen molar-refractivity contribution in [3.05, 3.63) is 58.8 Å². The van der Waals surface area contributed by atoms with Crippen LogP contribution in [0, 0.1) is 11.3 Å². The monoisotopic (exact) mass is 383 g/mol. The average molecular weight is 384 g/mol. The summed E-state index contributed by atoms with van der Waals surface area (Å²) >= 11 is 6.10. The van der Waals surface area contributed by atoms with Gasteiger partial charge < -0.3 is 16.0 Å². The fourth-order valence-electron chi connectivity index (χ4n) is 2.96. The molecule has 0 saturated heterocycles. The highest BCUT2D eigenvalue weighted by molar-refractivity contribution is 6.32. The maximum absolute atomic E-state index is 11.6. The number of benzene rings is 1. The molecular formula is C18H18ClN7O. The molecule has 0 aliphatic carbocycles. The first-order valence-electron chi connectivity index (χ1n) is 8.24. The number of primary amides is 1. The normalized spacial score (nSPS) is 11.9. The molecule has 1 atom stereocenters. The van der Waals surface area contributed by atoms with E-state index in [1.54, 1.807) is 27.4 Å². The van der Waals surface area contributed by atoms with Crippen LogP contribution in [-0.2, 0) is 13.1 Å². The third kappa shape index (κ3) is 3.69. The molecule has 27 heavy (non-hydrogen) atoms. The second-order valence-electron chi connectivity index (χ2n) is 6.08. The van der Waals surface area contributed by atoms with Crippen molar-refractivity contribution in [1.82, 2.24) is 19.3 Å². The molecule has 138 valence electrons. The van der Waals surface area contributed by atoms with E-state index in [1.807, 2.05) is 25.3 Å². The van der Waals surface area contributed by atoms with Gasteiger partial charge in [-0.05, 0) is 25.1 Å². The SMILES string of the molecule is C[C@H](Cn1ccc(-c2ccc(C#N)c(Cl)c2)n1)n1c(C(N)=O)cnc1CN. The van der Waals surface area contributed by atoms with Gasteiger partial charge in [0.15, 0.2) is 0 Å². The van der Waals surface area contributed by atoms with Crippen LogP contribution in [0.2, 0.25) is 5.02 Å². The molecule has 4 N–H and O–H groups in total. The van der Waals surface area contributed by atoms with Crippen molar-refractivity contribution in [3.63, 3.8) is 0 Å². The highest BCUT2D eigenvalue weighted by Gasteiger charge is 2.19. The van der Waals surface area contributed by atoms with Crippen LogP contribution < -0.4 is 11.5 Å². The highest BCUT2D eigenvalue weighted by Crippen LogP contribution is 2.24. The maximum atomic E-state index is 11.6.